The molecule has 4 rings (SSSR count). The second-order valence-electron chi connectivity index (χ2n) is 8.57. The number of rotatable bonds is 8. The van der Waals surface area contributed by atoms with Gasteiger partial charge in [-0.05, 0) is 56.4 Å². The highest BCUT2D eigenvalue weighted by molar-refractivity contribution is 7.92. The summed E-state index contributed by atoms with van der Waals surface area (Å²) < 4.78 is 31.7. The number of anilines is 2. The van der Waals surface area contributed by atoms with Gasteiger partial charge in [-0.2, -0.15) is 4.98 Å². The van der Waals surface area contributed by atoms with Gasteiger partial charge in [-0.25, -0.2) is 13.4 Å². The zero-order chi connectivity index (χ0) is 24.3. The van der Waals surface area contributed by atoms with Crippen LogP contribution in [0.2, 0.25) is 5.02 Å². The van der Waals surface area contributed by atoms with E-state index in [1.807, 2.05) is 6.92 Å². The van der Waals surface area contributed by atoms with E-state index >= 15 is 0 Å². The molecule has 1 aliphatic rings. The number of aromatic nitrogens is 3. The summed E-state index contributed by atoms with van der Waals surface area (Å²) >= 11 is 6.09. The largest absolute Gasteiger partial charge is 0.381 e. The minimum absolute atomic E-state index is 0.232. The fourth-order valence-corrected chi connectivity index (χ4v) is 5.19. The Labute approximate surface area is 203 Å². The maximum absolute atomic E-state index is 12.6. The molecule has 0 radical (unpaired) electrons. The minimum Gasteiger partial charge on any atom is -0.381 e. The summed E-state index contributed by atoms with van der Waals surface area (Å²) in [5.74, 6) is 0.944. The predicted octanol–water partition coefficient (Wildman–Crippen LogP) is 3.73. The van der Waals surface area contributed by atoms with Crippen LogP contribution in [0.5, 0.6) is 0 Å². The lowest BCUT2D eigenvalue weighted by Gasteiger charge is -2.26. The Morgan fingerprint density at radius 2 is 2.03 bits per heavy atom. The van der Waals surface area contributed by atoms with Crippen molar-refractivity contribution in [3.05, 3.63) is 57.5 Å². The van der Waals surface area contributed by atoms with Crippen LogP contribution < -0.4 is 15.2 Å². The lowest BCUT2D eigenvalue weighted by molar-refractivity contribution is 0.0647. The van der Waals surface area contributed by atoms with Gasteiger partial charge >= 0.3 is 0 Å². The third-order valence-electron chi connectivity index (χ3n) is 6.03. The summed E-state index contributed by atoms with van der Waals surface area (Å²) in [7, 11) is -3.53. The lowest BCUT2D eigenvalue weighted by atomic mass is 9.97. The van der Waals surface area contributed by atoms with Crippen molar-refractivity contribution in [2.24, 2.45) is 5.92 Å². The number of benzene rings is 1. The first-order chi connectivity index (χ1) is 16.2. The number of halogens is 1. The van der Waals surface area contributed by atoms with Crippen LogP contribution in [-0.4, -0.2) is 49.4 Å². The van der Waals surface area contributed by atoms with Crippen molar-refractivity contribution in [2.45, 2.75) is 32.2 Å². The first-order valence-corrected chi connectivity index (χ1v) is 13.4. The Kier molecular flexibility index (Phi) is 7.39. The molecule has 1 aromatic carbocycles. The summed E-state index contributed by atoms with van der Waals surface area (Å²) in [4.78, 5) is 24.2. The Bertz CT molecular complexity index is 1320. The molecule has 3 heterocycles. The van der Waals surface area contributed by atoms with E-state index in [0.29, 0.717) is 47.6 Å². The highest BCUT2D eigenvalue weighted by Crippen LogP contribution is 2.24. The third kappa shape index (κ3) is 5.86. The molecule has 0 unspecified atom stereocenters. The molecule has 2 aromatic heterocycles. The molecule has 2 N–H and O–H groups in total. The SMILES string of the molecule is C[C@H](Nc1nccc(N(CCC2CCOCC2)S(C)(=O)=O)n1)c1cc2cc(Cl)ccc2[nH]c1=O. The van der Waals surface area contributed by atoms with Gasteiger partial charge in [-0.3, -0.25) is 9.10 Å². The topological polar surface area (TPSA) is 117 Å². The molecular formula is C23H28ClN5O4S. The zero-order valence-corrected chi connectivity index (χ0v) is 20.7. The number of pyridine rings is 1. The van der Waals surface area contributed by atoms with Gasteiger partial charge in [0.05, 0.1) is 12.3 Å². The maximum atomic E-state index is 12.6. The number of hydrogen-bond donors (Lipinski definition) is 2. The summed E-state index contributed by atoms with van der Waals surface area (Å²) in [6.45, 7) is 3.57. The Balaban J connectivity index is 1.54. The minimum atomic E-state index is -3.53. The summed E-state index contributed by atoms with van der Waals surface area (Å²) in [6.07, 6.45) is 5.27. The van der Waals surface area contributed by atoms with Crippen molar-refractivity contribution in [1.29, 1.82) is 0 Å². The smallest absolute Gasteiger partial charge is 0.253 e. The van der Waals surface area contributed by atoms with E-state index in [9.17, 15) is 13.2 Å². The first-order valence-electron chi connectivity index (χ1n) is 11.2. The van der Waals surface area contributed by atoms with Gasteiger partial charge in [0.1, 0.15) is 5.82 Å². The van der Waals surface area contributed by atoms with Crippen LogP contribution in [0.25, 0.3) is 10.9 Å². The van der Waals surface area contributed by atoms with E-state index in [2.05, 4.69) is 20.3 Å². The average Bonchev–Trinajstić information content (AvgIpc) is 2.79. The first kappa shape index (κ1) is 24.4. The van der Waals surface area contributed by atoms with Gasteiger partial charge < -0.3 is 15.0 Å². The highest BCUT2D eigenvalue weighted by Gasteiger charge is 2.23. The Morgan fingerprint density at radius 3 is 2.76 bits per heavy atom. The number of nitrogens with zero attached hydrogens (tertiary/aromatic N) is 3. The van der Waals surface area contributed by atoms with Crippen molar-refractivity contribution >= 4 is 44.3 Å². The van der Waals surface area contributed by atoms with Crippen LogP contribution in [0.3, 0.4) is 0 Å². The molecule has 0 aliphatic carbocycles. The van der Waals surface area contributed by atoms with Gasteiger partial charge in [-0.15, -0.1) is 0 Å². The average molecular weight is 506 g/mol. The Hall–Kier alpha value is -2.69. The van der Waals surface area contributed by atoms with Crippen molar-refractivity contribution in [3.63, 3.8) is 0 Å². The number of hydrogen-bond acceptors (Lipinski definition) is 7. The van der Waals surface area contributed by atoms with Crippen LogP contribution in [0.4, 0.5) is 11.8 Å². The molecule has 0 amide bonds. The summed E-state index contributed by atoms with van der Waals surface area (Å²) in [5, 5.41) is 4.50. The molecule has 34 heavy (non-hydrogen) atoms. The molecule has 182 valence electrons. The second-order valence-corrected chi connectivity index (χ2v) is 10.9. The molecule has 1 atom stereocenters. The maximum Gasteiger partial charge on any atom is 0.253 e. The van der Waals surface area contributed by atoms with Gasteiger partial charge in [0.15, 0.2) is 0 Å². The highest BCUT2D eigenvalue weighted by atomic mass is 35.5. The van der Waals surface area contributed by atoms with Crippen molar-refractivity contribution in [1.82, 2.24) is 15.0 Å². The van der Waals surface area contributed by atoms with Gasteiger partial charge in [-0.1, -0.05) is 11.6 Å². The fraction of sp³-hybridized carbons (Fsp3) is 0.435. The van der Waals surface area contributed by atoms with Crippen LogP contribution in [-0.2, 0) is 14.8 Å². The van der Waals surface area contributed by atoms with Gasteiger partial charge in [0.25, 0.3) is 5.56 Å². The summed E-state index contributed by atoms with van der Waals surface area (Å²) in [5.41, 5.74) is 0.945. The molecule has 11 heteroatoms. The Morgan fingerprint density at radius 1 is 1.26 bits per heavy atom. The third-order valence-corrected chi connectivity index (χ3v) is 7.43. The molecule has 9 nitrogen and oxygen atoms in total. The molecule has 1 fully saturated rings. The van der Waals surface area contributed by atoms with Crippen LogP contribution in [0.1, 0.15) is 37.8 Å². The van der Waals surface area contributed by atoms with E-state index in [4.69, 9.17) is 16.3 Å². The summed E-state index contributed by atoms with van der Waals surface area (Å²) in [6, 6.07) is 8.17. The molecule has 1 saturated heterocycles. The van der Waals surface area contributed by atoms with Gasteiger partial charge in [0.2, 0.25) is 16.0 Å². The van der Waals surface area contributed by atoms with Crippen molar-refractivity contribution in [2.75, 3.05) is 35.6 Å². The fourth-order valence-electron chi connectivity index (χ4n) is 4.13. The van der Waals surface area contributed by atoms with Gasteiger partial charge in [0, 0.05) is 53.5 Å². The monoisotopic (exact) mass is 505 g/mol. The van der Waals surface area contributed by atoms with E-state index in [1.54, 1.807) is 30.3 Å². The lowest BCUT2D eigenvalue weighted by Crippen LogP contribution is -2.33. The number of nitrogens with one attached hydrogen (secondary N) is 2. The number of sulfonamides is 1. The second kappa shape index (κ2) is 10.3. The van der Waals surface area contributed by atoms with Crippen molar-refractivity contribution < 1.29 is 13.2 Å². The number of aromatic amines is 1. The van der Waals surface area contributed by atoms with Crippen LogP contribution >= 0.6 is 11.6 Å². The molecule has 0 saturated carbocycles. The van der Waals surface area contributed by atoms with E-state index in [-0.39, 0.29) is 11.5 Å². The molecule has 0 bridgehead atoms. The normalized spacial score (nSPS) is 15.9. The van der Waals surface area contributed by atoms with E-state index < -0.39 is 16.1 Å². The number of ether oxygens (including phenoxy) is 1. The van der Waals surface area contributed by atoms with E-state index in [0.717, 1.165) is 24.6 Å². The standard InChI is InChI=1S/C23H28ClN5O4S/c1-15(19-14-17-13-18(24)3-4-20(17)27-22(19)30)26-23-25-9-5-21(28-23)29(34(2,31)32)10-6-16-7-11-33-12-8-16/h3-5,9,13-16H,6-8,10-12H2,1-2H3,(H,27,30)(H,25,26,28)/t15-/m0/s1. The molecule has 3 aromatic rings. The number of H-pyrrole nitrogens is 1. The number of fused-ring (bicyclic) bond motifs is 1. The van der Waals surface area contributed by atoms with Crippen LogP contribution in [0, 0.1) is 5.92 Å². The zero-order valence-electron chi connectivity index (χ0n) is 19.1. The predicted molar refractivity (Wildman–Crippen MR) is 134 cm³/mol. The van der Waals surface area contributed by atoms with E-state index in [1.165, 1.54) is 16.8 Å². The molecular weight excluding hydrogens is 478 g/mol. The molecule has 0 spiro atoms. The van der Waals surface area contributed by atoms with Crippen molar-refractivity contribution in [3.8, 4) is 0 Å². The van der Waals surface area contributed by atoms with Crippen LogP contribution in [0.15, 0.2) is 41.3 Å². The molecule has 1 aliphatic heterocycles. The quantitative estimate of drug-likeness (QED) is 0.479.